The Hall–Kier alpha value is -1.72. The second-order valence-corrected chi connectivity index (χ2v) is 5.23. The second kappa shape index (κ2) is 7.33. The number of nitrogens with one attached hydrogen (secondary N) is 1. The number of hydrogen-bond acceptors (Lipinski definition) is 4. The SMILES string of the molecule is CNCc1ccc(Oc2c(OC)cccc2OC)cc1Br. The Labute approximate surface area is 133 Å². The van der Waals surface area contributed by atoms with Crippen molar-refractivity contribution in [3.63, 3.8) is 0 Å². The highest BCUT2D eigenvalue weighted by molar-refractivity contribution is 9.10. The molecule has 0 saturated carbocycles. The smallest absolute Gasteiger partial charge is 0.210 e. The molecule has 0 heterocycles. The van der Waals surface area contributed by atoms with Gasteiger partial charge in [0.15, 0.2) is 11.5 Å². The summed E-state index contributed by atoms with van der Waals surface area (Å²) < 4.78 is 17.6. The van der Waals surface area contributed by atoms with E-state index < -0.39 is 0 Å². The van der Waals surface area contributed by atoms with Crippen molar-refractivity contribution in [1.82, 2.24) is 5.32 Å². The van der Waals surface area contributed by atoms with E-state index in [-0.39, 0.29) is 0 Å². The molecule has 4 nitrogen and oxygen atoms in total. The van der Waals surface area contributed by atoms with Crippen LogP contribution in [0.25, 0.3) is 0 Å². The van der Waals surface area contributed by atoms with Crippen molar-refractivity contribution >= 4 is 15.9 Å². The summed E-state index contributed by atoms with van der Waals surface area (Å²) >= 11 is 3.55. The molecule has 0 aromatic heterocycles. The van der Waals surface area contributed by atoms with Gasteiger partial charge in [0.05, 0.1) is 14.2 Å². The van der Waals surface area contributed by atoms with Crippen molar-refractivity contribution in [2.75, 3.05) is 21.3 Å². The van der Waals surface area contributed by atoms with Crippen LogP contribution in [0.1, 0.15) is 5.56 Å². The van der Waals surface area contributed by atoms with E-state index in [9.17, 15) is 0 Å². The highest BCUT2D eigenvalue weighted by atomic mass is 79.9. The molecule has 2 aromatic rings. The van der Waals surface area contributed by atoms with E-state index in [0.29, 0.717) is 23.0 Å². The minimum absolute atomic E-state index is 0.566. The molecule has 2 rings (SSSR count). The van der Waals surface area contributed by atoms with Crippen LogP contribution in [0.15, 0.2) is 40.9 Å². The van der Waals surface area contributed by atoms with Crippen molar-refractivity contribution < 1.29 is 14.2 Å². The van der Waals surface area contributed by atoms with Gasteiger partial charge in [0.2, 0.25) is 5.75 Å². The maximum absolute atomic E-state index is 5.94. The first-order valence-corrected chi connectivity index (χ1v) is 7.30. The zero-order valence-electron chi connectivity index (χ0n) is 12.3. The zero-order valence-corrected chi connectivity index (χ0v) is 13.9. The highest BCUT2D eigenvalue weighted by Crippen LogP contribution is 2.40. The van der Waals surface area contributed by atoms with Gasteiger partial charge in [0.1, 0.15) is 5.75 Å². The van der Waals surface area contributed by atoms with Gasteiger partial charge in [-0.05, 0) is 36.9 Å². The lowest BCUT2D eigenvalue weighted by molar-refractivity contribution is 0.346. The van der Waals surface area contributed by atoms with Gasteiger partial charge in [-0.2, -0.15) is 0 Å². The van der Waals surface area contributed by atoms with Crippen LogP contribution in [0.4, 0.5) is 0 Å². The topological polar surface area (TPSA) is 39.7 Å². The minimum Gasteiger partial charge on any atom is -0.493 e. The second-order valence-electron chi connectivity index (χ2n) is 4.38. The fourth-order valence-electron chi connectivity index (χ4n) is 1.96. The van der Waals surface area contributed by atoms with E-state index in [1.54, 1.807) is 14.2 Å². The van der Waals surface area contributed by atoms with E-state index >= 15 is 0 Å². The Kier molecular flexibility index (Phi) is 5.47. The van der Waals surface area contributed by atoms with Crippen LogP contribution in [-0.4, -0.2) is 21.3 Å². The van der Waals surface area contributed by atoms with Crippen LogP contribution in [-0.2, 0) is 6.54 Å². The predicted molar refractivity (Wildman–Crippen MR) is 86.5 cm³/mol. The van der Waals surface area contributed by atoms with Crippen LogP contribution in [0.2, 0.25) is 0 Å². The molecule has 0 fully saturated rings. The first kappa shape index (κ1) is 15.7. The lowest BCUT2D eigenvalue weighted by Gasteiger charge is -2.14. The van der Waals surface area contributed by atoms with Gasteiger partial charge < -0.3 is 19.5 Å². The molecule has 0 amide bonds. The van der Waals surface area contributed by atoms with E-state index in [0.717, 1.165) is 16.6 Å². The summed E-state index contributed by atoms with van der Waals surface area (Å²) in [4.78, 5) is 0. The molecule has 21 heavy (non-hydrogen) atoms. The molecular formula is C16H18BrNO3. The molecule has 0 spiro atoms. The van der Waals surface area contributed by atoms with Gasteiger partial charge in [-0.3, -0.25) is 0 Å². The first-order chi connectivity index (χ1) is 10.2. The molecule has 112 valence electrons. The van der Waals surface area contributed by atoms with Crippen molar-refractivity contribution in [3.8, 4) is 23.0 Å². The lowest BCUT2D eigenvalue weighted by Crippen LogP contribution is -2.05. The molecule has 1 N–H and O–H groups in total. The molecule has 0 radical (unpaired) electrons. The maximum atomic E-state index is 5.94. The molecule has 2 aromatic carbocycles. The molecule has 0 saturated heterocycles. The Morgan fingerprint density at radius 1 is 1.05 bits per heavy atom. The van der Waals surface area contributed by atoms with Crippen molar-refractivity contribution in [1.29, 1.82) is 0 Å². The first-order valence-electron chi connectivity index (χ1n) is 6.51. The number of ether oxygens (including phenoxy) is 3. The minimum atomic E-state index is 0.566. The van der Waals surface area contributed by atoms with Crippen molar-refractivity contribution in [2.24, 2.45) is 0 Å². The number of rotatable bonds is 6. The quantitative estimate of drug-likeness (QED) is 0.854. The number of methoxy groups -OCH3 is 2. The maximum Gasteiger partial charge on any atom is 0.210 e. The Morgan fingerprint density at radius 2 is 1.71 bits per heavy atom. The molecule has 0 aliphatic carbocycles. The van der Waals surface area contributed by atoms with E-state index in [2.05, 4.69) is 21.2 Å². The summed E-state index contributed by atoms with van der Waals surface area (Å²) in [5.74, 6) is 2.54. The molecule has 5 heteroatoms. The van der Waals surface area contributed by atoms with E-state index in [1.807, 2.05) is 43.4 Å². The molecule has 0 unspecified atom stereocenters. The summed E-state index contributed by atoms with van der Waals surface area (Å²) in [6.45, 7) is 0.791. The Bertz CT molecular complexity index is 594. The van der Waals surface area contributed by atoms with Crippen LogP contribution >= 0.6 is 15.9 Å². The van der Waals surface area contributed by atoms with Gasteiger partial charge in [-0.1, -0.05) is 28.1 Å². The fraction of sp³-hybridized carbons (Fsp3) is 0.250. The highest BCUT2D eigenvalue weighted by Gasteiger charge is 2.13. The Morgan fingerprint density at radius 3 is 2.24 bits per heavy atom. The number of benzene rings is 2. The lowest BCUT2D eigenvalue weighted by atomic mass is 10.2. The normalized spacial score (nSPS) is 10.3. The van der Waals surface area contributed by atoms with Crippen molar-refractivity contribution in [2.45, 2.75) is 6.54 Å². The van der Waals surface area contributed by atoms with Crippen LogP contribution in [0, 0.1) is 0 Å². The molecule has 0 atom stereocenters. The average Bonchev–Trinajstić information content (AvgIpc) is 2.50. The zero-order chi connectivity index (χ0) is 15.2. The van der Waals surface area contributed by atoms with Gasteiger partial charge in [0.25, 0.3) is 0 Å². The van der Waals surface area contributed by atoms with E-state index in [1.165, 1.54) is 0 Å². The third-order valence-corrected chi connectivity index (χ3v) is 3.73. The molecule has 0 bridgehead atoms. The average molecular weight is 352 g/mol. The largest absolute Gasteiger partial charge is 0.493 e. The number of halogens is 1. The monoisotopic (exact) mass is 351 g/mol. The van der Waals surface area contributed by atoms with Gasteiger partial charge in [-0.15, -0.1) is 0 Å². The molecule has 0 aliphatic heterocycles. The summed E-state index contributed by atoms with van der Waals surface area (Å²) in [6, 6.07) is 11.4. The third kappa shape index (κ3) is 3.68. The summed E-state index contributed by atoms with van der Waals surface area (Å²) in [5, 5.41) is 3.12. The van der Waals surface area contributed by atoms with Crippen LogP contribution in [0.5, 0.6) is 23.0 Å². The van der Waals surface area contributed by atoms with E-state index in [4.69, 9.17) is 14.2 Å². The van der Waals surface area contributed by atoms with Gasteiger partial charge in [-0.25, -0.2) is 0 Å². The molecular weight excluding hydrogens is 334 g/mol. The number of hydrogen-bond donors (Lipinski definition) is 1. The summed E-state index contributed by atoms with van der Waals surface area (Å²) in [5.41, 5.74) is 1.16. The number of para-hydroxylation sites is 1. The fourth-order valence-corrected chi connectivity index (χ4v) is 2.46. The van der Waals surface area contributed by atoms with Crippen LogP contribution < -0.4 is 19.5 Å². The third-order valence-electron chi connectivity index (χ3n) is 2.99. The Balaban J connectivity index is 2.32. The van der Waals surface area contributed by atoms with Gasteiger partial charge in [0, 0.05) is 11.0 Å². The summed E-state index contributed by atoms with van der Waals surface area (Å²) in [6.07, 6.45) is 0. The molecule has 0 aliphatic rings. The van der Waals surface area contributed by atoms with Gasteiger partial charge >= 0.3 is 0 Å². The summed E-state index contributed by atoms with van der Waals surface area (Å²) in [7, 11) is 5.12. The van der Waals surface area contributed by atoms with Crippen LogP contribution in [0.3, 0.4) is 0 Å². The van der Waals surface area contributed by atoms with Crippen molar-refractivity contribution in [3.05, 3.63) is 46.4 Å². The standard InChI is InChI=1S/C16H18BrNO3/c1-18-10-11-7-8-12(9-13(11)17)21-16-14(19-2)5-4-6-15(16)20-3/h4-9,18H,10H2,1-3H3. The predicted octanol–water partition coefficient (Wildman–Crippen LogP) is 3.98.